The van der Waals surface area contributed by atoms with Gasteiger partial charge in [0.2, 0.25) is 0 Å². The minimum Gasteiger partial charge on any atom is -0.508 e. The molecule has 0 heterocycles. The van der Waals surface area contributed by atoms with E-state index < -0.39 is 11.0 Å². The van der Waals surface area contributed by atoms with Gasteiger partial charge in [-0.1, -0.05) is 60.2 Å². The number of benzene rings is 4. The molecule has 0 saturated carbocycles. The number of phenolic OH excluding ortho intramolecular Hbond substituents is 1. The second kappa shape index (κ2) is 8.17. The number of aromatic hydroxyl groups is 1. The van der Waals surface area contributed by atoms with Crippen molar-refractivity contribution in [1.29, 1.82) is 0 Å². The van der Waals surface area contributed by atoms with Crippen molar-refractivity contribution in [1.82, 2.24) is 0 Å². The normalized spacial score (nSPS) is 12.3. The Kier molecular flexibility index (Phi) is 5.26. The van der Waals surface area contributed by atoms with Crippen LogP contribution < -0.4 is 0 Å². The lowest BCUT2D eigenvalue weighted by Crippen LogP contribution is -2.01. The predicted molar refractivity (Wildman–Crippen MR) is 119 cm³/mol. The maximum atomic E-state index is 10.9. The van der Waals surface area contributed by atoms with Crippen LogP contribution in [-0.2, 0) is 0 Å². The molecule has 4 aromatic rings. The van der Waals surface area contributed by atoms with Crippen LogP contribution in [0.25, 0.3) is 10.8 Å². The summed E-state index contributed by atoms with van der Waals surface area (Å²) in [5.74, 6) is 0.181. The number of hydrogen-bond acceptors (Lipinski definition) is 4. The van der Waals surface area contributed by atoms with Gasteiger partial charge in [0.15, 0.2) is 0 Å². The molecule has 0 aliphatic carbocycles. The third kappa shape index (κ3) is 3.91. The monoisotopic (exact) mass is 396 g/mol. The molecular formula is C25H20N2O3. The van der Waals surface area contributed by atoms with E-state index in [4.69, 9.17) is 4.99 Å². The number of hydrogen-bond donors (Lipinski definition) is 1. The third-order valence-electron chi connectivity index (χ3n) is 5.09. The van der Waals surface area contributed by atoms with Crippen LogP contribution in [0, 0.1) is 17.0 Å². The number of nitro benzene ring substituents is 1. The Balaban J connectivity index is 1.83. The second-order valence-corrected chi connectivity index (χ2v) is 7.16. The van der Waals surface area contributed by atoms with E-state index in [1.165, 1.54) is 12.1 Å². The molecule has 148 valence electrons. The molecule has 0 saturated heterocycles. The molecule has 0 fully saturated rings. The lowest BCUT2D eigenvalue weighted by Gasteiger charge is -2.18. The van der Waals surface area contributed by atoms with E-state index in [1.54, 1.807) is 24.4 Å². The first-order valence-corrected chi connectivity index (χ1v) is 9.58. The molecule has 5 nitrogen and oxygen atoms in total. The molecule has 0 aliphatic heterocycles. The Hall–Kier alpha value is -3.99. The van der Waals surface area contributed by atoms with Gasteiger partial charge >= 0.3 is 0 Å². The fraction of sp³-hybridized carbons (Fsp3) is 0.0800. The number of phenols is 1. The maximum absolute atomic E-state index is 10.9. The Bertz CT molecular complexity index is 1230. The standard InChI is InChI=1S/C25H20N2O3/c1-17-6-10-20(11-7-17)25(26-16-18-8-13-21(14-9-18)27(29)30)24-22-5-3-2-4-19(22)12-15-23(24)28/h2-16,25,28H,1H3. The van der Waals surface area contributed by atoms with Gasteiger partial charge in [-0.3, -0.25) is 15.1 Å². The highest BCUT2D eigenvalue weighted by Crippen LogP contribution is 2.38. The summed E-state index contributed by atoms with van der Waals surface area (Å²) in [4.78, 5) is 15.3. The summed E-state index contributed by atoms with van der Waals surface area (Å²) < 4.78 is 0. The number of aliphatic imine (C=N–C) groups is 1. The molecule has 1 N–H and O–H groups in total. The third-order valence-corrected chi connectivity index (χ3v) is 5.09. The van der Waals surface area contributed by atoms with E-state index in [-0.39, 0.29) is 11.4 Å². The summed E-state index contributed by atoms with van der Waals surface area (Å²) in [6.07, 6.45) is 1.69. The van der Waals surface area contributed by atoms with E-state index in [9.17, 15) is 15.2 Å². The van der Waals surface area contributed by atoms with Crippen molar-refractivity contribution in [3.8, 4) is 5.75 Å². The Labute approximate surface area is 174 Å². The summed E-state index contributed by atoms with van der Waals surface area (Å²) in [5.41, 5.74) is 3.60. The van der Waals surface area contributed by atoms with Crippen LogP contribution in [0.1, 0.15) is 28.3 Å². The molecule has 0 radical (unpaired) electrons. The SMILES string of the molecule is Cc1ccc(C(N=Cc2ccc([N+](=O)[O-])cc2)c2c(O)ccc3ccccc23)cc1. The van der Waals surface area contributed by atoms with Crippen LogP contribution in [0.2, 0.25) is 0 Å². The lowest BCUT2D eigenvalue weighted by molar-refractivity contribution is -0.384. The molecule has 4 rings (SSSR count). The van der Waals surface area contributed by atoms with E-state index >= 15 is 0 Å². The van der Waals surface area contributed by atoms with E-state index in [0.717, 1.165) is 33.0 Å². The molecule has 5 heteroatoms. The second-order valence-electron chi connectivity index (χ2n) is 7.16. The summed E-state index contributed by atoms with van der Waals surface area (Å²) in [5, 5.41) is 23.6. The van der Waals surface area contributed by atoms with Crippen molar-refractivity contribution in [3.63, 3.8) is 0 Å². The van der Waals surface area contributed by atoms with Crippen molar-refractivity contribution in [3.05, 3.63) is 117 Å². The van der Waals surface area contributed by atoms with Crippen molar-refractivity contribution in [2.24, 2.45) is 4.99 Å². The number of rotatable bonds is 5. The minimum absolute atomic E-state index is 0.0360. The highest BCUT2D eigenvalue weighted by molar-refractivity contribution is 5.89. The van der Waals surface area contributed by atoms with Gasteiger partial charge in [0, 0.05) is 23.9 Å². The Morgan fingerprint density at radius 3 is 2.33 bits per heavy atom. The molecule has 0 aliphatic rings. The largest absolute Gasteiger partial charge is 0.508 e. The van der Waals surface area contributed by atoms with Gasteiger partial charge in [-0.25, -0.2) is 0 Å². The van der Waals surface area contributed by atoms with E-state index in [0.29, 0.717) is 0 Å². The average Bonchev–Trinajstić information content (AvgIpc) is 2.76. The van der Waals surface area contributed by atoms with Crippen LogP contribution >= 0.6 is 0 Å². The number of non-ortho nitro benzene ring substituents is 1. The van der Waals surface area contributed by atoms with Gasteiger partial charge in [-0.15, -0.1) is 0 Å². The van der Waals surface area contributed by atoms with E-state index in [1.807, 2.05) is 61.5 Å². The predicted octanol–water partition coefficient (Wildman–Crippen LogP) is 5.97. The summed E-state index contributed by atoms with van der Waals surface area (Å²) in [7, 11) is 0. The van der Waals surface area contributed by atoms with Gasteiger partial charge in [0.25, 0.3) is 5.69 Å². The van der Waals surface area contributed by atoms with Crippen LogP contribution in [-0.4, -0.2) is 16.2 Å². The zero-order chi connectivity index (χ0) is 21.1. The van der Waals surface area contributed by atoms with Crippen LogP contribution in [0.3, 0.4) is 0 Å². The molecular weight excluding hydrogens is 376 g/mol. The number of nitro groups is 1. The minimum atomic E-state index is -0.426. The number of nitrogens with zero attached hydrogens (tertiary/aromatic N) is 2. The first-order valence-electron chi connectivity index (χ1n) is 9.58. The summed E-state index contributed by atoms with van der Waals surface area (Å²) >= 11 is 0. The van der Waals surface area contributed by atoms with E-state index in [2.05, 4.69) is 0 Å². The summed E-state index contributed by atoms with van der Waals surface area (Å²) in [6.45, 7) is 2.02. The topological polar surface area (TPSA) is 75.7 Å². The molecule has 0 amide bonds. The average molecular weight is 396 g/mol. The van der Waals surface area contributed by atoms with Crippen molar-refractivity contribution in [2.45, 2.75) is 13.0 Å². The van der Waals surface area contributed by atoms with Gasteiger partial charge in [-0.05, 0) is 47.0 Å². The van der Waals surface area contributed by atoms with Crippen molar-refractivity contribution >= 4 is 22.7 Å². The first-order chi connectivity index (χ1) is 14.5. The highest BCUT2D eigenvalue weighted by Gasteiger charge is 2.19. The van der Waals surface area contributed by atoms with Gasteiger partial charge in [-0.2, -0.15) is 0 Å². The molecule has 0 spiro atoms. The molecule has 0 bridgehead atoms. The Morgan fingerprint density at radius 1 is 0.933 bits per heavy atom. The molecule has 1 atom stereocenters. The zero-order valence-electron chi connectivity index (χ0n) is 16.4. The van der Waals surface area contributed by atoms with Gasteiger partial charge in [0.05, 0.1) is 4.92 Å². The highest BCUT2D eigenvalue weighted by atomic mass is 16.6. The van der Waals surface area contributed by atoms with Crippen molar-refractivity contribution in [2.75, 3.05) is 0 Å². The Morgan fingerprint density at radius 2 is 1.63 bits per heavy atom. The van der Waals surface area contributed by atoms with Gasteiger partial charge < -0.3 is 5.11 Å². The maximum Gasteiger partial charge on any atom is 0.269 e. The smallest absolute Gasteiger partial charge is 0.269 e. The summed E-state index contributed by atoms with van der Waals surface area (Å²) in [6, 6.07) is 25.3. The molecule has 1 unspecified atom stereocenters. The first kappa shape index (κ1) is 19.3. The van der Waals surface area contributed by atoms with Crippen LogP contribution in [0.5, 0.6) is 5.75 Å². The van der Waals surface area contributed by atoms with Crippen molar-refractivity contribution < 1.29 is 10.0 Å². The van der Waals surface area contributed by atoms with Crippen LogP contribution in [0.4, 0.5) is 5.69 Å². The van der Waals surface area contributed by atoms with Crippen LogP contribution in [0.15, 0.2) is 89.9 Å². The van der Waals surface area contributed by atoms with Gasteiger partial charge in [0.1, 0.15) is 11.8 Å². The molecule has 30 heavy (non-hydrogen) atoms. The number of fused-ring (bicyclic) bond motifs is 1. The molecule has 4 aromatic carbocycles. The lowest BCUT2D eigenvalue weighted by atomic mass is 9.92. The quantitative estimate of drug-likeness (QED) is 0.256. The zero-order valence-corrected chi connectivity index (χ0v) is 16.4. The fourth-order valence-electron chi connectivity index (χ4n) is 3.49. The molecule has 0 aromatic heterocycles. The number of aryl methyl sites for hydroxylation is 1. The fourth-order valence-corrected chi connectivity index (χ4v) is 3.49.